The molecule has 1 aromatic carbocycles. The number of hydrogen-bond donors (Lipinski definition) is 1. The molecule has 15 heavy (non-hydrogen) atoms. The number of hydrogen-bond acceptors (Lipinski definition) is 3. The predicted molar refractivity (Wildman–Crippen MR) is 47.0 cm³/mol. The molecule has 0 saturated heterocycles. The number of anilines is 1. The van der Waals surface area contributed by atoms with Crippen LogP contribution < -0.4 is 5.73 Å². The van der Waals surface area contributed by atoms with E-state index < -0.39 is 22.4 Å². The molecule has 0 aromatic heterocycles. The van der Waals surface area contributed by atoms with E-state index in [1.807, 2.05) is 0 Å². The van der Waals surface area contributed by atoms with Gasteiger partial charge < -0.3 is 5.73 Å². The molecule has 7 heteroatoms. The SMILES string of the molecule is Nc1cccc([CH]C(F)(F)F)c1[N+](=O)[O-]. The van der Waals surface area contributed by atoms with E-state index in [2.05, 4.69) is 0 Å². The number of nitrogen functional groups attached to an aromatic ring is 1. The van der Waals surface area contributed by atoms with Crippen LogP contribution in [0.4, 0.5) is 24.5 Å². The van der Waals surface area contributed by atoms with Crippen molar-refractivity contribution in [2.45, 2.75) is 6.18 Å². The summed E-state index contributed by atoms with van der Waals surface area (Å²) in [7, 11) is 0. The Hall–Kier alpha value is -1.79. The van der Waals surface area contributed by atoms with E-state index in [9.17, 15) is 23.3 Å². The third-order valence-electron chi connectivity index (χ3n) is 1.60. The minimum absolute atomic E-state index is 0.151. The first-order valence-electron chi connectivity index (χ1n) is 3.77. The Morgan fingerprint density at radius 3 is 2.47 bits per heavy atom. The first kappa shape index (κ1) is 11.3. The van der Waals surface area contributed by atoms with Gasteiger partial charge in [-0.3, -0.25) is 10.1 Å². The van der Waals surface area contributed by atoms with Crippen LogP contribution in [0.1, 0.15) is 5.56 Å². The number of alkyl halides is 3. The lowest BCUT2D eigenvalue weighted by molar-refractivity contribution is -0.384. The molecule has 1 rings (SSSR count). The molecule has 2 N–H and O–H groups in total. The maximum absolute atomic E-state index is 12.0. The van der Waals surface area contributed by atoms with Gasteiger partial charge in [0.25, 0.3) is 5.69 Å². The molecule has 0 atom stereocenters. The predicted octanol–water partition coefficient (Wildman–Crippen LogP) is 2.29. The number of nitrogens with zero attached hydrogens (tertiary/aromatic N) is 1. The minimum Gasteiger partial charge on any atom is -0.393 e. The van der Waals surface area contributed by atoms with Crippen molar-refractivity contribution in [1.82, 2.24) is 0 Å². The number of rotatable bonds is 2. The Labute approximate surface area is 82.7 Å². The van der Waals surface area contributed by atoms with Crippen LogP contribution in [0.3, 0.4) is 0 Å². The van der Waals surface area contributed by atoms with Crippen LogP contribution in [0.2, 0.25) is 0 Å². The number of para-hydroxylation sites is 1. The second kappa shape index (κ2) is 3.76. The van der Waals surface area contributed by atoms with Crippen molar-refractivity contribution in [3.05, 3.63) is 40.3 Å². The summed E-state index contributed by atoms with van der Waals surface area (Å²) in [6.07, 6.45) is -4.76. The Bertz CT molecular complexity index is 390. The lowest BCUT2D eigenvalue weighted by atomic mass is 10.1. The lowest BCUT2D eigenvalue weighted by Gasteiger charge is -2.07. The van der Waals surface area contributed by atoms with E-state index in [4.69, 9.17) is 5.73 Å². The number of nitrogens with two attached hydrogens (primary N) is 1. The van der Waals surface area contributed by atoms with Crippen LogP contribution in [0.5, 0.6) is 0 Å². The zero-order chi connectivity index (χ0) is 11.6. The Kier molecular flexibility index (Phi) is 2.83. The van der Waals surface area contributed by atoms with E-state index in [-0.39, 0.29) is 12.1 Å². The molecule has 0 bridgehead atoms. The second-order valence-corrected chi connectivity index (χ2v) is 2.73. The van der Waals surface area contributed by atoms with Crippen LogP contribution in [-0.4, -0.2) is 11.1 Å². The van der Waals surface area contributed by atoms with Gasteiger partial charge in [-0.25, -0.2) is 0 Å². The zero-order valence-corrected chi connectivity index (χ0v) is 7.28. The van der Waals surface area contributed by atoms with Gasteiger partial charge in [0.05, 0.1) is 4.92 Å². The molecule has 0 aliphatic rings. The third kappa shape index (κ3) is 2.83. The molecule has 1 aromatic rings. The normalized spacial score (nSPS) is 11.4. The summed E-state index contributed by atoms with van der Waals surface area (Å²) in [6, 6.07) is 3.38. The highest BCUT2D eigenvalue weighted by atomic mass is 19.4. The summed E-state index contributed by atoms with van der Waals surface area (Å²) in [4.78, 5) is 9.53. The van der Waals surface area contributed by atoms with E-state index in [1.165, 1.54) is 12.1 Å². The second-order valence-electron chi connectivity index (χ2n) is 2.73. The van der Waals surface area contributed by atoms with Crippen LogP contribution in [0.25, 0.3) is 0 Å². The molecule has 0 unspecified atom stereocenters. The summed E-state index contributed by atoms with van der Waals surface area (Å²) < 4.78 is 36.0. The Morgan fingerprint density at radius 1 is 1.40 bits per heavy atom. The maximum Gasteiger partial charge on any atom is 0.396 e. The molecule has 81 valence electrons. The number of nitro benzene ring substituents is 1. The number of halogens is 3. The monoisotopic (exact) mass is 219 g/mol. The van der Waals surface area contributed by atoms with Gasteiger partial charge in [-0.2, -0.15) is 13.2 Å². The van der Waals surface area contributed by atoms with Crippen molar-refractivity contribution in [3.8, 4) is 0 Å². The average Bonchev–Trinajstić information content (AvgIpc) is 1.99. The van der Waals surface area contributed by atoms with Crippen molar-refractivity contribution in [2.75, 3.05) is 5.73 Å². The van der Waals surface area contributed by atoms with Gasteiger partial charge >= 0.3 is 6.18 Å². The van der Waals surface area contributed by atoms with Crippen LogP contribution in [0, 0.1) is 16.5 Å². The van der Waals surface area contributed by atoms with Gasteiger partial charge in [0.15, 0.2) is 0 Å². The highest BCUT2D eigenvalue weighted by Crippen LogP contribution is 2.32. The van der Waals surface area contributed by atoms with E-state index in [1.54, 1.807) is 0 Å². The highest BCUT2D eigenvalue weighted by molar-refractivity contribution is 5.64. The molecular formula is C8H6F3N2O2. The van der Waals surface area contributed by atoms with Crippen LogP contribution >= 0.6 is 0 Å². The summed E-state index contributed by atoms with van der Waals surface area (Å²) >= 11 is 0. The standard InChI is InChI=1S/C8H6F3N2O2/c9-8(10,11)4-5-2-1-3-6(12)7(5)13(14)15/h1-4H,12H2. The topological polar surface area (TPSA) is 69.2 Å². The third-order valence-corrected chi connectivity index (χ3v) is 1.60. The lowest BCUT2D eigenvalue weighted by Crippen LogP contribution is -2.11. The van der Waals surface area contributed by atoms with Gasteiger partial charge in [0.2, 0.25) is 0 Å². The molecule has 0 aliphatic heterocycles. The van der Waals surface area contributed by atoms with E-state index in [0.29, 0.717) is 0 Å². The average molecular weight is 219 g/mol. The molecule has 0 aliphatic carbocycles. The van der Waals surface area contributed by atoms with E-state index >= 15 is 0 Å². The van der Waals surface area contributed by atoms with Crippen molar-refractivity contribution >= 4 is 11.4 Å². The van der Waals surface area contributed by atoms with Gasteiger partial charge in [-0.15, -0.1) is 0 Å². The fourth-order valence-corrected chi connectivity index (χ4v) is 1.08. The molecular weight excluding hydrogens is 213 g/mol. The summed E-state index contributed by atoms with van der Waals surface area (Å²) in [5, 5.41) is 10.5. The first-order valence-corrected chi connectivity index (χ1v) is 3.77. The van der Waals surface area contributed by atoms with Crippen molar-refractivity contribution < 1.29 is 18.1 Å². The van der Waals surface area contributed by atoms with Crippen molar-refractivity contribution in [1.29, 1.82) is 0 Å². The fraction of sp³-hybridized carbons (Fsp3) is 0.125. The zero-order valence-electron chi connectivity index (χ0n) is 7.28. The molecule has 0 saturated carbocycles. The highest BCUT2D eigenvalue weighted by Gasteiger charge is 2.32. The molecule has 0 spiro atoms. The molecule has 0 fully saturated rings. The summed E-state index contributed by atoms with van der Waals surface area (Å²) in [6.45, 7) is 0. The fourth-order valence-electron chi connectivity index (χ4n) is 1.08. The smallest absolute Gasteiger partial charge is 0.393 e. The quantitative estimate of drug-likeness (QED) is 0.471. The van der Waals surface area contributed by atoms with Gasteiger partial charge in [-0.1, -0.05) is 12.1 Å². The van der Waals surface area contributed by atoms with Crippen molar-refractivity contribution in [3.63, 3.8) is 0 Å². The van der Waals surface area contributed by atoms with Gasteiger partial charge in [0, 0.05) is 5.56 Å². The number of benzene rings is 1. The minimum atomic E-state index is -4.61. The van der Waals surface area contributed by atoms with Crippen LogP contribution in [-0.2, 0) is 0 Å². The Balaban J connectivity index is 3.18. The van der Waals surface area contributed by atoms with Crippen LogP contribution in [0.15, 0.2) is 18.2 Å². The molecule has 1 radical (unpaired) electrons. The molecule has 4 nitrogen and oxygen atoms in total. The first-order chi connectivity index (χ1) is 6.81. The van der Waals surface area contributed by atoms with Gasteiger partial charge in [0.1, 0.15) is 12.1 Å². The number of nitro groups is 1. The van der Waals surface area contributed by atoms with Crippen molar-refractivity contribution in [2.24, 2.45) is 0 Å². The Morgan fingerprint density at radius 2 is 2.00 bits per heavy atom. The van der Waals surface area contributed by atoms with Gasteiger partial charge in [-0.05, 0) is 6.07 Å². The summed E-state index contributed by atoms with van der Waals surface area (Å²) in [5.74, 6) is 0. The largest absolute Gasteiger partial charge is 0.396 e. The molecule has 0 amide bonds. The summed E-state index contributed by atoms with van der Waals surface area (Å²) in [5.41, 5.74) is 3.64. The molecule has 0 heterocycles. The maximum atomic E-state index is 12.0. The van der Waals surface area contributed by atoms with E-state index in [0.717, 1.165) is 6.07 Å².